The van der Waals surface area contributed by atoms with Gasteiger partial charge in [-0.25, -0.2) is 0 Å². The molecule has 0 aliphatic heterocycles. The summed E-state index contributed by atoms with van der Waals surface area (Å²) in [4.78, 5) is 0. The molecular formula is C44H54Cl2Si2Zr-2. The van der Waals surface area contributed by atoms with Crippen LogP contribution in [0.3, 0.4) is 0 Å². The first kappa shape index (κ1) is 43.2. The Morgan fingerprint density at radius 2 is 1.16 bits per heavy atom. The maximum atomic E-state index is 2.39. The van der Waals surface area contributed by atoms with Crippen molar-refractivity contribution in [3.05, 3.63) is 126 Å². The van der Waals surface area contributed by atoms with Crippen molar-refractivity contribution in [2.24, 2.45) is 0 Å². The van der Waals surface area contributed by atoms with Gasteiger partial charge in [0.05, 0.1) is 8.07 Å². The minimum absolute atomic E-state index is 0. The summed E-state index contributed by atoms with van der Waals surface area (Å²) < 4.78 is 0. The first-order chi connectivity index (χ1) is 22.1. The molecule has 49 heavy (non-hydrogen) atoms. The number of hydrogen-bond acceptors (Lipinski definition) is 0. The zero-order chi connectivity index (χ0) is 34.5. The summed E-state index contributed by atoms with van der Waals surface area (Å²) in [5, 5.41) is 6.97. The molecule has 6 aromatic rings. The molecule has 0 heterocycles. The fourth-order valence-corrected chi connectivity index (χ4v) is 7.13. The molecule has 5 heteroatoms. The Bertz CT molecular complexity index is 1930. The quantitative estimate of drug-likeness (QED) is 0.132. The van der Waals surface area contributed by atoms with Gasteiger partial charge in [-0.15, -0.1) is 69.1 Å². The van der Waals surface area contributed by atoms with E-state index < -0.39 is 8.07 Å². The molecule has 0 amide bonds. The molecule has 0 N–H and O–H groups in total. The molecule has 0 saturated carbocycles. The van der Waals surface area contributed by atoms with Crippen LogP contribution in [0, 0.1) is 6.92 Å². The van der Waals surface area contributed by atoms with Crippen molar-refractivity contribution in [2.75, 3.05) is 0 Å². The second-order valence-corrected chi connectivity index (χ2v) is 29.9. The van der Waals surface area contributed by atoms with E-state index in [0.717, 1.165) is 0 Å². The molecule has 0 aliphatic rings. The van der Waals surface area contributed by atoms with Gasteiger partial charge in [0.15, 0.2) is 0 Å². The van der Waals surface area contributed by atoms with E-state index in [1.165, 1.54) is 72.1 Å². The maximum Gasteiger partial charge on any atom is 0.0775 e. The molecule has 0 aliphatic carbocycles. The van der Waals surface area contributed by atoms with E-state index in [0.29, 0.717) is 5.92 Å². The fraction of sp³-hybridized carbons (Fsp3) is 0.318. The van der Waals surface area contributed by atoms with Gasteiger partial charge in [-0.05, 0) is 28.0 Å². The van der Waals surface area contributed by atoms with Crippen molar-refractivity contribution >= 4 is 40.2 Å². The third-order valence-corrected chi connectivity index (χ3v) is 11.0. The second-order valence-electron chi connectivity index (χ2n) is 15.4. The van der Waals surface area contributed by atoms with E-state index in [1.807, 2.05) is 0 Å². The van der Waals surface area contributed by atoms with Crippen molar-refractivity contribution in [1.82, 2.24) is 0 Å². The summed E-state index contributed by atoms with van der Waals surface area (Å²) in [7, 11) is -1.21. The molecule has 1 unspecified atom stereocenters. The van der Waals surface area contributed by atoms with Crippen LogP contribution in [0.4, 0.5) is 0 Å². The van der Waals surface area contributed by atoms with Gasteiger partial charge in [0, 0.05) is 0 Å². The number of benzene rings is 4. The average molecular weight is 801 g/mol. The fourth-order valence-electron chi connectivity index (χ4n) is 5.97. The smallest absolute Gasteiger partial charge is 0.0775 e. The predicted molar refractivity (Wildman–Crippen MR) is 213 cm³/mol. The topological polar surface area (TPSA) is 0 Å². The standard InChI is InChI=1S/C23H27.C19H21Si.C2H6Si.2ClH.Zr/c1-6-16(2)19-14-18-8-7-9-21(22(18)15-19)17-10-12-20(13-11-17)23(3,4)5;1-14-12-16-6-5-7-18(19(16)13-14)15-8-10-17(11-9-15)20(2,3)4;1-3-2;;;/h7-16H,6H2,1-5H3;5-13H,1-4H3;1-2H3;2*1H;/q2*-1;;;;+2/p-2. The van der Waals surface area contributed by atoms with E-state index in [-0.39, 0.29) is 35.7 Å². The summed E-state index contributed by atoms with van der Waals surface area (Å²) in [5.41, 5.74) is 9.92. The van der Waals surface area contributed by atoms with Crippen LogP contribution in [0.1, 0.15) is 63.6 Å². The van der Waals surface area contributed by atoms with Gasteiger partial charge in [0.25, 0.3) is 0 Å². The van der Waals surface area contributed by atoms with Crippen LogP contribution in [0.5, 0.6) is 0 Å². The molecule has 0 nitrogen and oxygen atoms in total. The molecule has 1 atom stereocenters. The average Bonchev–Trinajstić information content (AvgIpc) is 3.63. The van der Waals surface area contributed by atoms with Crippen LogP contribution in [-0.2, 0) is 28.8 Å². The zero-order valence-electron chi connectivity index (χ0n) is 31.4. The Hall–Kier alpha value is -2.00. The molecule has 0 spiro atoms. The molecule has 6 aromatic carbocycles. The predicted octanol–water partition coefficient (Wildman–Crippen LogP) is 6.91. The van der Waals surface area contributed by atoms with Crippen molar-refractivity contribution in [3.63, 3.8) is 0 Å². The van der Waals surface area contributed by atoms with Crippen molar-refractivity contribution in [1.29, 1.82) is 0 Å². The van der Waals surface area contributed by atoms with Crippen LogP contribution >= 0.6 is 0 Å². The summed E-state index contributed by atoms with van der Waals surface area (Å²) in [6, 6.07) is 40.8. The first-order valence-corrected chi connectivity index (χ1v) is 26.9. The van der Waals surface area contributed by atoms with E-state index in [9.17, 15) is 0 Å². The van der Waals surface area contributed by atoms with E-state index >= 15 is 0 Å². The monoisotopic (exact) mass is 798 g/mol. The molecule has 0 fully saturated rings. The molecule has 6 rings (SSSR count). The Balaban J connectivity index is 0.000000298. The minimum Gasteiger partial charge on any atom is -1.00 e. The van der Waals surface area contributed by atoms with Gasteiger partial charge < -0.3 is 24.8 Å². The zero-order valence-corrected chi connectivity index (χ0v) is 37.4. The SMILES string of the molecule is CCC(C)c1cc2c(-c3ccc(C(C)(C)C)cc3)cccc2[cH-]1.C[Si](C)=[Zr+2].Cc1cc2c(-c3ccc([Si](C)(C)C)cc3)cccc2[cH-]1.[Cl-].[Cl-]. The van der Waals surface area contributed by atoms with Crippen LogP contribution in [0.2, 0.25) is 32.7 Å². The minimum atomic E-state index is -1.21. The van der Waals surface area contributed by atoms with Gasteiger partial charge in [-0.1, -0.05) is 145 Å². The number of rotatable bonds is 5. The molecular weight excluding hydrogens is 747 g/mol. The van der Waals surface area contributed by atoms with Crippen LogP contribution in [0.15, 0.2) is 109 Å². The largest absolute Gasteiger partial charge is 1.00 e. The summed E-state index contributed by atoms with van der Waals surface area (Å²) in [6.07, 6.45) is 1.19. The Kier molecular flexibility index (Phi) is 16.3. The maximum absolute atomic E-state index is 2.39. The van der Waals surface area contributed by atoms with E-state index in [1.54, 1.807) is 23.3 Å². The van der Waals surface area contributed by atoms with Crippen molar-refractivity contribution < 1.29 is 48.1 Å². The van der Waals surface area contributed by atoms with Crippen molar-refractivity contribution in [3.8, 4) is 22.3 Å². The summed E-state index contributed by atoms with van der Waals surface area (Å²) >= 11 is 1.74. The number of halogens is 2. The van der Waals surface area contributed by atoms with Gasteiger partial charge in [0.1, 0.15) is 0 Å². The van der Waals surface area contributed by atoms with Crippen LogP contribution < -0.4 is 30.0 Å². The number of fused-ring (bicyclic) bond motifs is 2. The Morgan fingerprint density at radius 3 is 1.61 bits per heavy atom. The van der Waals surface area contributed by atoms with Gasteiger partial charge in [0.2, 0.25) is 0 Å². The third kappa shape index (κ3) is 11.5. The molecule has 0 aromatic heterocycles. The number of aryl methyl sites for hydroxylation is 1. The number of hydrogen-bond donors (Lipinski definition) is 0. The van der Waals surface area contributed by atoms with Gasteiger partial charge in [-0.2, -0.15) is 12.1 Å². The molecule has 0 saturated heterocycles. The molecule has 0 bridgehead atoms. The first-order valence-electron chi connectivity index (χ1n) is 17.2. The third-order valence-electron chi connectivity index (χ3n) is 8.97. The second kappa shape index (κ2) is 18.5. The normalized spacial score (nSPS) is 11.8. The Labute approximate surface area is 326 Å². The van der Waals surface area contributed by atoms with Gasteiger partial charge >= 0.3 is 41.9 Å². The molecule has 258 valence electrons. The van der Waals surface area contributed by atoms with E-state index in [4.69, 9.17) is 0 Å². The molecule has 0 radical (unpaired) electrons. The van der Waals surface area contributed by atoms with Crippen LogP contribution in [0.25, 0.3) is 43.8 Å². The summed E-state index contributed by atoms with van der Waals surface area (Å²) in [6.45, 7) is 25.3. The summed E-state index contributed by atoms with van der Waals surface area (Å²) in [5.74, 6) is 0.624. The van der Waals surface area contributed by atoms with Crippen molar-refractivity contribution in [2.45, 2.75) is 92.0 Å². The van der Waals surface area contributed by atoms with Gasteiger partial charge in [-0.3, -0.25) is 0 Å². The Morgan fingerprint density at radius 1 is 0.714 bits per heavy atom. The van der Waals surface area contributed by atoms with Crippen LogP contribution in [-0.4, -0.2) is 13.5 Å². The van der Waals surface area contributed by atoms with E-state index in [2.05, 4.69) is 183 Å².